The van der Waals surface area contributed by atoms with Crippen molar-refractivity contribution in [2.75, 3.05) is 19.0 Å². The van der Waals surface area contributed by atoms with Gasteiger partial charge in [-0.15, -0.1) is 0 Å². The highest BCUT2D eigenvalue weighted by atomic mass is 35.5. The number of amides is 2. The van der Waals surface area contributed by atoms with Gasteiger partial charge in [0.25, 0.3) is 5.91 Å². The number of para-hydroxylation sites is 1. The molecule has 0 spiro atoms. The van der Waals surface area contributed by atoms with Gasteiger partial charge in [0.05, 0.1) is 35.0 Å². The van der Waals surface area contributed by atoms with Crippen LogP contribution in [0.2, 0.25) is 10.0 Å². The predicted octanol–water partition coefficient (Wildman–Crippen LogP) is 4.76. The van der Waals surface area contributed by atoms with Crippen molar-refractivity contribution in [3.8, 4) is 5.75 Å². The maximum atomic E-state index is 12.8. The summed E-state index contributed by atoms with van der Waals surface area (Å²) in [5.41, 5.74) is 1.06. The fourth-order valence-corrected chi connectivity index (χ4v) is 5.25. The minimum atomic E-state index is -0.118. The fraction of sp³-hybridized carbons (Fsp3) is 0.417. The lowest BCUT2D eigenvalue weighted by Crippen LogP contribution is -2.58. The number of anilines is 1. The average Bonchev–Trinajstić information content (AvgIpc) is 2.77. The molecule has 2 aliphatic rings. The second-order valence-corrected chi connectivity index (χ2v) is 9.19. The summed E-state index contributed by atoms with van der Waals surface area (Å²) in [6.45, 7) is 0.297. The van der Waals surface area contributed by atoms with E-state index in [4.69, 9.17) is 27.9 Å². The van der Waals surface area contributed by atoms with Crippen LogP contribution in [0, 0.1) is 0 Å². The van der Waals surface area contributed by atoms with E-state index in [1.165, 1.54) is 0 Å². The summed E-state index contributed by atoms with van der Waals surface area (Å²) in [6.07, 6.45) is 4.82. The summed E-state index contributed by atoms with van der Waals surface area (Å²) in [6, 6.07) is 13.0. The van der Waals surface area contributed by atoms with Crippen LogP contribution in [-0.2, 0) is 4.79 Å². The van der Waals surface area contributed by atoms with Crippen molar-refractivity contribution in [1.29, 1.82) is 0 Å². The zero-order valence-electron chi connectivity index (χ0n) is 17.9. The van der Waals surface area contributed by atoms with Crippen molar-refractivity contribution in [3.63, 3.8) is 0 Å². The first-order chi connectivity index (χ1) is 15.5. The Hall–Kier alpha value is -2.28. The third-order valence-corrected chi connectivity index (χ3v) is 7.18. The fourth-order valence-electron chi connectivity index (χ4n) is 4.91. The topological polar surface area (TPSA) is 70.7 Å². The Kier molecular flexibility index (Phi) is 7.23. The number of carbonyl (C=O) groups is 2. The minimum Gasteiger partial charge on any atom is -0.496 e. The van der Waals surface area contributed by atoms with Crippen molar-refractivity contribution >= 4 is 40.7 Å². The van der Waals surface area contributed by atoms with Crippen molar-refractivity contribution in [2.45, 2.75) is 50.2 Å². The van der Waals surface area contributed by atoms with E-state index in [1.807, 2.05) is 12.1 Å². The van der Waals surface area contributed by atoms with Crippen LogP contribution < -0.4 is 15.4 Å². The molecule has 2 N–H and O–H groups in total. The number of hydrogen-bond donors (Lipinski definition) is 2. The number of benzene rings is 2. The van der Waals surface area contributed by atoms with Gasteiger partial charge in [-0.3, -0.25) is 14.5 Å². The summed E-state index contributed by atoms with van der Waals surface area (Å²) in [4.78, 5) is 27.9. The molecule has 0 radical (unpaired) electrons. The molecule has 2 atom stereocenters. The van der Waals surface area contributed by atoms with E-state index in [-0.39, 0.29) is 29.9 Å². The number of nitrogens with zero attached hydrogens (tertiary/aromatic N) is 1. The molecule has 2 aliphatic heterocycles. The first kappa shape index (κ1) is 22.9. The lowest BCUT2D eigenvalue weighted by molar-refractivity contribution is -0.120. The number of nitrogens with one attached hydrogen (secondary N) is 2. The number of fused-ring (bicyclic) bond motifs is 2. The first-order valence-electron chi connectivity index (χ1n) is 10.9. The number of halogens is 2. The maximum Gasteiger partial charge on any atom is 0.255 e. The van der Waals surface area contributed by atoms with Crippen molar-refractivity contribution in [1.82, 2.24) is 10.2 Å². The molecule has 4 rings (SSSR count). The summed E-state index contributed by atoms with van der Waals surface area (Å²) < 4.78 is 5.32. The number of rotatable bonds is 6. The second kappa shape index (κ2) is 10.1. The first-order valence-corrected chi connectivity index (χ1v) is 11.7. The smallest absolute Gasteiger partial charge is 0.255 e. The zero-order chi connectivity index (χ0) is 22.7. The van der Waals surface area contributed by atoms with Gasteiger partial charge in [-0.25, -0.2) is 0 Å². The monoisotopic (exact) mass is 475 g/mol. The number of methoxy groups -OCH3 is 1. The standard InChI is InChI=1S/C24H27Cl2N3O3/c1-32-21-11-3-2-8-18(21)24(31)27-15-12-16-6-4-7-17(13-15)29(16)14-22(30)28-20-10-5-9-19(25)23(20)26/h2-3,5,8-11,15-17H,4,6-7,12-14H2,1H3,(H,27,31)(H,28,30). The van der Waals surface area contributed by atoms with Crippen LogP contribution in [-0.4, -0.2) is 48.5 Å². The van der Waals surface area contributed by atoms with Crippen molar-refractivity contribution < 1.29 is 14.3 Å². The number of piperidine rings is 2. The lowest BCUT2D eigenvalue weighted by atomic mass is 9.81. The molecular formula is C24H27Cl2N3O3. The average molecular weight is 476 g/mol. The molecule has 2 saturated heterocycles. The third kappa shape index (κ3) is 5.03. The molecule has 2 aromatic carbocycles. The molecule has 2 amide bonds. The molecule has 0 saturated carbocycles. The summed E-state index contributed by atoms with van der Waals surface area (Å²) in [5, 5.41) is 6.83. The summed E-state index contributed by atoms with van der Waals surface area (Å²) in [5.74, 6) is 0.342. The van der Waals surface area contributed by atoms with Crippen LogP contribution in [0.15, 0.2) is 42.5 Å². The van der Waals surface area contributed by atoms with Crippen LogP contribution in [0.25, 0.3) is 0 Å². The molecule has 0 aliphatic carbocycles. The molecule has 2 unspecified atom stereocenters. The highest BCUT2D eigenvalue weighted by molar-refractivity contribution is 6.44. The van der Waals surface area contributed by atoms with Crippen LogP contribution in [0.5, 0.6) is 5.75 Å². The predicted molar refractivity (Wildman–Crippen MR) is 127 cm³/mol. The Balaban J connectivity index is 1.38. The van der Waals surface area contributed by atoms with Crippen LogP contribution >= 0.6 is 23.2 Å². The summed E-state index contributed by atoms with van der Waals surface area (Å²) in [7, 11) is 1.57. The normalized spacial score (nSPS) is 22.8. The van der Waals surface area contributed by atoms with Crippen molar-refractivity contribution in [3.05, 3.63) is 58.1 Å². The highest BCUT2D eigenvalue weighted by Crippen LogP contribution is 2.35. The molecular weight excluding hydrogens is 449 g/mol. The van der Waals surface area contributed by atoms with E-state index in [0.717, 1.165) is 32.1 Å². The third-order valence-electron chi connectivity index (χ3n) is 6.36. The van der Waals surface area contributed by atoms with Gasteiger partial charge >= 0.3 is 0 Å². The van der Waals surface area contributed by atoms with Gasteiger partial charge in [0.2, 0.25) is 5.91 Å². The molecule has 2 fully saturated rings. The lowest BCUT2D eigenvalue weighted by Gasteiger charge is -2.48. The van der Waals surface area contributed by atoms with Gasteiger partial charge in [-0.2, -0.15) is 0 Å². The van der Waals surface area contributed by atoms with Gasteiger partial charge in [0.15, 0.2) is 0 Å². The maximum absolute atomic E-state index is 12.8. The van der Waals surface area contributed by atoms with Gasteiger partial charge < -0.3 is 15.4 Å². The van der Waals surface area contributed by atoms with E-state index >= 15 is 0 Å². The van der Waals surface area contributed by atoms with E-state index < -0.39 is 0 Å². The van der Waals surface area contributed by atoms with E-state index in [9.17, 15) is 9.59 Å². The van der Waals surface area contributed by atoms with E-state index in [2.05, 4.69) is 15.5 Å². The van der Waals surface area contributed by atoms with Gasteiger partial charge in [0, 0.05) is 18.1 Å². The van der Waals surface area contributed by atoms with Crippen LogP contribution in [0.3, 0.4) is 0 Å². The summed E-state index contributed by atoms with van der Waals surface area (Å²) >= 11 is 12.3. The van der Waals surface area contributed by atoms with Gasteiger partial charge in [0.1, 0.15) is 5.75 Å². The van der Waals surface area contributed by atoms with E-state index in [1.54, 1.807) is 37.4 Å². The number of carbonyl (C=O) groups excluding carboxylic acids is 2. The number of ether oxygens (including phenoxy) is 1. The Labute approximate surface area is 198 Å². The van der Waals surface area contributed by atoms with Crippen molar-refractivity contribution in [2.24, 2.45) is 0 Å². The molecule has 8 heteroatoms. The quantitative estimate of drug-likeness (QED) is 0.631. The molecule has 2 bridgehead atoms. The molecule has 2 heterocycles. The molecule has 170 valence electrons. The SMILES string of the molecule is COc1ccccc1C(=O)NC1CC2CCCC(C1)N2CC(=O)Nc1cccc(Cl)c1Cl. The Morgan fingerprint density at radius 1 is 1.06 bits per heavy atom. The molecule has 6 nitrogen and oxygen atoms in total. The Morgan fingerprint density at radius 2 is 1.78 bits per heavy atom. The van der Waals surface area contributed by atoms with E-state index in [0.29, 0.717) is 33.6 Å². The highest BCUT2D eigenvalue weighted by Gasteiger charge is 2.39. The Bertz CT molecular complexity index is 986. The molecule has 2 aromatic rings. The number of hydrogen-bond acceptors (Lipinski definition) is 4. The second-order valence-electron chi connectivity index (χ2n) is 8.40. The van der Waals surface area contributed by atoms with Gasteiger partial charge in [-0.05, 0) is 49.9 Å². The van der Waals surface area contributed by atoms with Crippen LogP contribution in [0.1, 0.15) is 42.5 Å². The Morgan fingerprint density at radius 3 is 2.50 bits per heavy atom. The zero-order valence-corrected chi connectivity index (χ0v) is 19.5. The molecule has 32 heavy (non-hydrogen) atoms. The van der Waals surface area contributed by atoms with Crippen LogP contribution in [0.4, 0.5) is 5.69 Å². The van der Waals surface area contributed by atoms with Gasteiger partial charge in [-0.1, -0.05) is 47.8 Å². The largest absolute Gasteiger partial charge is 0.496 e. The molecule has 0 aromatic heterocycles. The minimum absolute atomic E-state index is 0.0735.